The fourth-order valence-electron chi connectivity index (χ4n) is 2.31. The molecule has 124 valence electrons. The Morgan fingerprint density at radius 1 is 1.17 bits per heavy atom. The molecule has 0 spiro atoms. The van der Waals surface area contributed by atoms with Gasteiger partial charge in [-0.05, 0) is 18.4 Å². The lowest BCUT2D eigenvalue weighted by molar-refractivity contribution is -0.133. The van der Waals surface area contributed by atoms with Crippen molar-refractivity contribution >= 4 is 17.5 Å². The molecule has 1 heterocycles. The van der Waals surface area contributed by atoms with Crippen LogP contribution in [0.25, 0.3) is 0 Å². The van der Waals surface area contributed by atoms with Gasteiger partial charge in [-0.1, -0.05) is 44.2 Å². The molecule has 1 aliphatic heterocycles. The van der Waals surface area contributed by atoms with Gasteiger partial charge >= 0.3 is 0 Å². The van der Waals surface area contributed by atoms with E-state index in [0.29, 0.717) is 12.5 Å². The Balaban J connectivity index is 1.83. The molecule has 0 radical (unpaired) electrons. The van der Waals surface area contributed by atoms with Gasteiger partial charge in [-0.3, -0.25) is 9.59 Å². The van der Waals surface area contributed by atoms with Gasteiger partial charge in [0.25, 0.3) is 0 Å². The molecule has 1 N–H and O–H groups in total. The number of nitrogens with one attached hydrogen (secondary N) is 1. The molecule has 0 unspecified atom stereocenters. The summed E-state index contributed by atoms with van der Waals surface area (Å²) in [4.78, 5) is 24.0. The first-order valence-electron chi connectivity index (χ1n) is 8.20. The minimum atomic E-state index is -0.0942. The number of nitrogens with zero attached hydrogens (tertiary/aromatic N) is 2. The second kappa shape index (κ2) is 7.90. The quantitative estimate of drug-likeness (QED) is 0.877. The maximum atomic E-state index is 12.2. The van der Waals surface area contributed by atoms with Crippen molar-refractivity contribution in [3.8, 4) is 0 Å². The summed E-state index contributed by atoms with van der Waals surface area (Å²) in [5.41, 5.74) is 1.98. The zero-order chi connectivity index (χ0) is 16.8. The van der Waals surface area contributed by atoms with Gasteiger partial charge in [0.05, 0.1) is 12.3 Å². The Hall–Kier alpha value is -2.17. The van der Waals surface area contributed by atoms with Gasteiger partial charge < -0.3 is 5.32 Å². The highest BCUT2D eigenvalue weighted by atomic mass is 16.2. The van der Waals surface area contributed by atoms with Crippen LogP contribution in [0.2, 0.25) is 0 Å². The fourth-order valence-corrected chi connectivity index (χ4v) is 2.31. The topological polar surface area (TPSA) is 61.8 Å². The van der Waals surface area contributed by atoms with E-state index in [-0.39, 0.29) is 30.7 Å². The molecule has 0 saturated heterocycles. The van der Waals surface area contributed by atoms with Crippen LogP contribution in [0.3, 0.4) is 0 Å². The van der Waals surface area contributed by atoms with Crippen LogP contribution in [0.4, 0.5) is 0 Å². The second-order valence-electron chi connectivity index (χ2n) is 6.28. The minimum Gasteiger partial charge on any atom is -0.353 e. The third-order valence-electron chi connectivity index (χ3n) is 4.15. The Kier molecular flexibility index (Phi) is 5.90. The number of carbonyl (C=O) groups is 2. The molecule has 5 heteroatoms. The largest absolute Gasteiger partial charge is 0.353 e. The first-order valence-corrected chi connectivity index (χ1v) is 8.20. The van der Waals surface area contributed by atoms with E-state index in [4.69, 9.17) is 0 Å². The molecule has 1 aromatic rings. The summed E-state index contributed by atoms with van der Waals surface area (Å²) in [5.74, 6) is 0.209. The van der Waals surface area contributed by atoms with Crippen molar-refractivity contribution in [2.45, 2.75) is 46.1 Å². The number of benzene rings is 1. The van der Waals surface area contributed by atoms with E-state index < -0.39 is 0 Å². The fraction of sp³-hybridized carbons (Fsp3) is 0.500. The van der Waals surface area contributed by atoms with Crippen molar-refractivity contribution in [2.75, 3.05) is 6.54 Å². The van der Waals surface area contributed by atoms with Crippen LogP contribution in [0.15, 0.2) is 35.4 Å². The molecule has 5 nitrogen and oxygen atoms in total. The van der Waals surface area contributed by atoms with Gasteiger partial charge in [-0.2, -0.15) is 5.10 Å². The summed E-state index contributed by atoms with van der Waals surface area (Å²) in [6, 6.07) is 9.98. The average molecular weight is 315 g/mol. The summed E-state index contributed by atoms with van der Waals surface area (Å²) in [6.45, 7) is 6.68. The Morgan fingerprint density at radius 2 is 1.87 bits per heavy atom. The van der Waals surface area contributed by atoms with Crippen molar-refractivity contribution in [1.29, 1.82) is 0 Å². The first kappa shape index (κ1) is 17.2. The lowest BCUT2D eigenvalue weighted by Gasteiger charge is -2.17. The third-order valence-corrected chi connectivity index (χ3v) is 4.15. The molecular weight excluding hydrogens is 290 g/mol. The monoisotopic (exact) mass is 315 g/mol. The summed E-state index contributed by atoms with van der Waals surface area (Å²) in [5, 5.41) is 8.80. The van der Waals surface area contributed by atoms with Crippen molar-refractivity contribution in [2.24, 2.45) is 11.0 Å². The number of hydrazone groups is 1. The molecule has 2 amide bonds. The van der Waals surface area contributed by atoms with Crippen molar-refractivity contribution < 1.29 is 9.59 Å². The molecular formula is C18H25N3O2. The maximum absolute atomic E-state index is 12.2. The molecule has 1 aromatic carbocycles. The predicted molar refractivity (Wildman–Crippen MR) is 91.0 cm³/mol. The normalized spacial score (nSPS) is 15.5. The standard InChI is InChI=1S/C18H25N3O2/c1-13(2)14(3)19-17(22)9-10-18(23)21-12-11-16(20-21)15-7-5-4-6-8-15/h4-8,13-14H,9-12H2,1-3H3,(H,19,22)/t14-/m1/s1. The summed E-state index contributed by atoms with van der Waals surface area (Å²) in [6.07, 6.45) is 1.16. The zero-order valence-corrected chi connectivity index (χ0v) is 14.1. The molecule has 1 atom stereocenters. The van der Waals surface area contributed by atoms with E-state index >= 15 is 0 Å². The van der Waals surface area contributed by atoms with Crippen LogP contribution in [0.5, 0.6) is 0 Å². The number of hydrogen-bond acceptors (Lipinski definition) is 3. The molecule has 0 bridgehead atoms. The second-order valence-corrected chi connectivity index (χ2v) is 6.28. The SMILES string of the molecule is CC(C)[C@@H](C)NC(=O)CCC(=O)N1CCC(c2ccccc2)=N1. The highest BCUT2D eigenvalue weighted by Crippen LogP contribution is 2.15. The van der Waals surface area contributed by atoms with E-state index in [9.17, 15) is 9.59 Å². The van der Waals surface area contributed by atoms with Crippen LogP contribution in [-0.4, -0.2) is 35.1 Å². The smallest absolute Gasteiger partial charge is 0.243 e. The van der Waals surface area contributed by atoms with E-state index in [1.165, 1.54) is 5.01 Å². The Bertz CT molecular complexity index is 581. The third kappa shape index (κ3) is 4.91. The van der Waals surface area contributed by atoms with E-state index in [1.807, 2.05) is 37.3 Å². The maximum Gasteiger partial charge on any atom is 0.243 e. The lowest BCUT2D eigenvalue weighted by Crippen LogP contribution is -2.36. The minimum absolute atomic E-state index is 0.0778. The highest BCUT2D eigenvalue weighted by molar-refractivity contribution is 6.02. The van der Waals surface area contributed by atoms with E-state index in [2.05, 4.69) is 24.3 Å². The Labute approximate surface area is 137 Å². The van der Waals surface area contributed by atoms with Crippen LogP contribution in [0.1, 0.15) is 45.6 Å². The first-order chi connectivity index (χ1) is 11.0. The zero-order valence-electron chi connectivity index (χ0n) is 14.1. The molecule has 2 rings (SSSR count). The molecule has 1 aliphatic rings. The van der Waals surface area contributed by atoms with Crippen molar-refractivity contribution in [3.05, 3.63) is 35.9 Å². The van der Waals surface area contributed by atoms with Gasteiger partial charge in [0.1, 0.15) is 0 Å². The summed E-state index contributed by atoms with van der Waals surface area (Å²) >= 11 is 0. The van der Waals surface area contributed by atoms with Gasteiger partial charge in [0, 0.05) is 25.3 Å². The highest BCUT2D eigenvalue weighted by Gasteiger charge is 2.22. The van der Waals surface area contributed by atoms with Crippen LogP contribution < -0.4 is 5.32 Å². The van der Waals surface area contributed by atoms with Crippen LogP contribution >= 0.6 is 0 Å². The molecule has 0 aliphatic carbocycles. The van der Waals surface area contributed by atoms with Gasteiger partial charge in [0.2, 0.25) is 11.8 Å². The molecule has 0 fully saturated rings. The van der Waals surface area contributed by atoms with Gasteiger partial charge in [-0.15, -0.1) is 0 Å². The summed E-state index contributed by atoms with van der Waals surface area (Å²) in [7, 11) is 0. The van der Waals surface area contributed by atoms with Crippen molar-refractivity contribution in [3.63, 3.8) is 0 Å². The lowest BCUT2D eigenvalue weighted by atomic mass is 10.1. The number of amides is 2. The van der Waals surface area contributed by atoms with Gasteiger partial charge in [0.15, 0.2) is 0 Å². The molecule has 23 heavy (non-hydrogen) atoms. The van der Waals surface area contributed by atoms with Crippen LogP contribution in [-0.2, 0) is 9.59 Å². The van der Waals surface area contributed by atoms with Crippen LogP contribution in [0, 0.1) is 5.92 Å². The molecule has 0 aromatic heterocycles. The van der Waals surface area contributed by atoms with E-state index in [0.717, 1.165) is 17.7 Å². The number of hydrogen-bond donors (Lipinski definition) is 1. The van der Waals surface area contributed by atoms with E-state index in [1.54, 1.807) is 0 Å². The predicted octanol–water partition coefficient (Wildman–Crippen LogP) is 2.56. The van der Waals surface area contributed by atoms with Gasteiger partial charge in [-0.25, -0.2) is 5.01 Å². The van der Waals surface area contributed by atoms with Crippen molar-refractivity contribution in [1.82, 2.24) is 10.3 Å². The number of rotatable bonds is 6. The number of carbonyl (C=O) groups excluding carboxylic acids is 2. The average Bonchev–Trinajstić information content (AvgIpc) is 3.03. The molecule has 0 saturated carbocycles. The Morgan fingerprint density at radius 3 is 2.52 bits per heavy atom. The summed E-state index contributed by atoms with van der Waals surface area (Å²) < 4.78 is 0.